The summed E-state index contributed by atoms with van der Waals surface area (Å²) in [5.74, 6) is -1.09. The molecular formula is C19H20ClN3O3. The molecule has 26 heavy (non-hydrogen) atoms. The minimum Gasteiger partial charge on any atom is -0.343 e. The smallest absolute Gasteiger partial charge is 0.251 e. The van der Waals surface area contributed by atoms with Crippen LogP contribution in [-0.4, -0.2) is 42.8 Å². The summed E-state index contributed by atoms with van der Waals surface area (Å²) >= 11 is 5.83. The number of amides is 3. The second kappa shape index (κ2) is 9.01. The van der Waals surface area contributed by atoms with Gasteiger partial charge in [0.05, 0.1) is 13.1 Å². The van der Waals surface area contributed by atoms with Crippen molar-refractivity contribution in [2.75, 3.05) is 25.5 Å². The van der Waals surface area contributed by atoms with Gasteiger partial charge in [0.15, 0.2) is 0 Å². The van der Waals surface area contributed by atoms with Crippen molar-refractivity contribution < 1.29 is 14.4 Å². The van der Waals surface area contributed by atoms with E-state index in [1.165, 1.54) is 18.0 Å². The molecule has 0 heterocycles. The third kappa shape index (κ3) is 5.89. The Balaban J connectivity index is 1.80. The predicted octanol–water partition coefficient (Wildman–Crippen LogP) is 2.48. The lowest BCUT2D eigenvalue weighted by molar-refractivity contribution is -0.132. The van der Waals surface area contributed by atoms with Gasteiger partial charge < -0.3 is 15.5 Å². The Kier molecular flexibility index (Phi) is 6.74. The first kappa shape index (κ1) is 19.5. The zero-order chi connectivity index (χ0) is 19.1. The van der Waals surface area contributed by atoms with Crippen molar-refractivity contribution in [2.24, 2.45) is 0 Å². The van der Waals surface area contributed by atoms with Gasteiger partial charge in [0.1, 0.15) is 0 Å². The number of rotatable bonds is 6. The number of hydrogen-bond donors (Lipinski definition) is 2. The molecule has 6 nitrogen and oxygen atoms in total. The van der Waals surface area contributed by atoms with E-state index in [4.69, 9.17) is 11.6 Å². The van der Waals surface area contributed by atoms with Gasteiger partial charge in [-0.2, -0.15) is 0 Å². The molecule has 0 aromatic heterocycles. The molecule has 0 aliphatic heterocycles. The number of halogens is 1. The van der Waals surface area contributed by atoms with Crippen molar-refractivity contribution in [3.63, 3.8) is 0 Å². The molecule has 0 aliphatic rings. The average molecular weight is 374 g/mol. The molecule has 7 heteroatoms. The minimum atomic E-state index is -0.404. The van der Waals surface area contributed by atoms with E-state index in [0.717, 1.165) is 5.56 Å². The monoisotopic (exact) mass is 373 g/mol. The molecular weight excluding hydrogens is 354 g/mol. The summed E-state index contributed by atoms with van der Waals surface area (Å²) in [6, 6.07) is 13.8. The fraction of sp³-hybridized carbons (Fsp3) is 0.211. The molecule has 0 saturated heterocycles. The van der Waals surface area contributed by atoms with Crippen LogP contribution in [0.5, 0.6) is 0 Å². The van der Waals surface area contributed by atoms with Gasteiger partial charge in [-0.05, 0) is 37.3 Å². The number of carbonyl (C=O) groups excluding carboxylic acids is 3. The van der Waals surface area contributed by atoms with Gasteiger partial charge in [-0.15, -0.1) is 0 Å². The Labute approximate surface area is 157 Å². The first-order valence-corrected chi connectivity index (χ1v) is 8.37. The van der Waals surface area contributed by atoms with E-state index in [0.29, 0.717) is 16.3 Å². The van der Waals surface area contributed by atoms with E-state index in [1.807, 2.05) is 19.1 Å². The summed E-state index contributed by atoms with van der Waals surface area (Å²) in [6.07, 6.45) is 0. The first-order valence-electron chi connectivity index (χ1n) is 7.99. The van der Waals surface area contributed by atoms with Crippen molar-refractivity contribution in [2.45, 2.75) is 6.92 Å². The lowest BCUT2D eigenvalue weighted by Gasteiger charge is -2.17. The quantitative estimate of drug-likeness (QED) is 0.816. The second-order valence-electron chi connectivity index (χ2n) is 5.86. The highest BCUT2D eigenvalue weighted by molar-refractivity contribution is 6.31. The molecule has 2 aromatic rings. The Morgan fingerprint density at radius 1 is 1.08 bits per heavy atom. The molecule has 3 amide bonds. The zero-order valence-electron chi connectivity index (χ0n) is 14.6. The zero-order valence-corrected chi connectivity index (χ0v) is 15.3. The predicted molar refractivity (Wildman–Crippen MR) is 101 cm³/mol. The molecule has 0 fully saturated rings. The van der Waals surface area contributed by atoms with Crippen LogP contribution < -0.4 is 10.6 Å². The maximum Gasteiger partial charge on any atom is 0.251 e. The Morgan fingerprint density at radius 3 is 2.42 bits per heavy atom. The van der Waals surface area contributed by atoms with E-state index in [9.17, 15) is 14.4 Å². The number of aryl methyl sites for hydroxylation is 1. The summed E-state index contributed by atoms with van der Waals surface area (Å²) < 4.78 is 0. The largest absolute Gasteiger partial charge is 0.343 e. The maximum absolute atomic E-state index is 12.1. The second-order valence-corrected chi connectivity index (χ2v) is 6.29. The number of nitrogens with one attached hydrogen (secondary N) is 2. The topological polar surface area (TPSA) is 78.5 Å². The van der Waals surface area contributed by atoms with Gasteiger partial charge in [0, 0.05) is 23.3 Å². The molecule has 0 aliphatic carbocycles. The molecule has 2 N–H and O–H groups in total. The highest BCUT2D eigenvalue weighted by Crippen LogP contribution is 2.10. The van der Waals surface area contributed by atoms with Gasteiger partial charge in [-0.25, -0.2) is 0 Å². The SMILES string of the molecule is Cc1ccc(NC(=O)CN(C)C(=O)CNC(=O)c2cccc(Cl)c2)cc1. The fourth-order valence-corrected chi connectivity index (χ4v) is 2.35. The molecule has 0 radical (unpaired) electrons. The van der Waals surface area contributed by atoms with Crippen molar-refractivity contribution in [1.82, 2.24) is 10.2 Å². The lowest BCUT2D eigenvalue weighted by atomic mass is 10.2. The van der Waals surface area contributed by atoms with Crippen molar-refractivity contribution in [1.29, 1.82) is 0 Å². The lowest BCUT2D eigenvalue weighted by Crippen LogP contribution is -2.41. The summed E-state index contributed by atoms with van der Waals surface area (Å²) in [5, 5.41) is 5.67. The van der Waals surface area contributed by atoms with Crippen LogP contribution in [0.3, 0.4) is 0 Å². The fourth-order valence-electron chi connectivity index (χ4n) is 2.16. The number of carbonyl (C=O) groups is 3. The van der Waals surface area contributed by atoms with Gasteiger partial charge in [-0.3, -0.25) is 14.4 Å². The third-order valence-electron chi connectivity index (χ3n) is 3.63. The summed E-state index contributed by atoms with van der Waals surface area (Å²) in [6.45, 7) is 1.63. The van der Waals surface area contributed by atoms with Crippen LogP contribution in [0.1, 0.15) is 15.9 Å². The number of benzene rings is 2. The number of anilines is 1. The van der Waals surface area contributed by atoms with Crippen LogP contribution in [-0.2, 0) is 9.59 Å². The van der Waals surface area contributed by atoms with Crippen LogP contribution in [0.4, 0.5) is 5.69 Å². The van der Waals surface area contributed by atoms with E-state index in [1.54, 1.807) is 30.3 Å². The van der Waals surface area contributed by atoms with E-state index in [-0.39, 0.29) is 24.9 Å². The van der Waals surface area contributed by atoms with Crippen LogP contribution in [0.15, 0.2) is 48.5 Å². The molecule has 0 saturated carbocycles. The van der Waals surface area contributed by atoms with E-state index in [2.05, 4.69) is 10.6 Å². The summed E-state index contributed by atoms with van der Waals surface area (Å²) in [4.78, 5) is 37.3. The summed E-state index contributed by atoms with van der Waals surface area (Å²) in [7, 11) is 1.50. The molecule has 0 bridgehead atoms. The molecule has 136 valence electrons. The Hall–Kier alpha value is -2.86. The van der Waals surface area contributed by atoms with Gasteiger partial charge in [-0.1, -0.05) is 35.4 Å². The standard InChI is InChI=1S/C19H20ClN3O3/c1-13-6-8-16(9-7-13)22-17(24)12-23(2)18(25)11-21-19(26)14-4-3-5-15(20)10-14/h3-10H,11-12H2,1-2H3,(H,21,26)(H,22,24). The number of nitrogens with zero attached hydrogens (tertiary/aromatic N) is 1. The molecule has 0 unspecified atom stereocenters. The van der Waals surface area contributed by atoms with Crippen LogP contribution in [0.2, 0.25) is 5.02 Å². The molecule has 2 rings (SSSR count). The van der Waals surface area contributed by atoms with Crippen molar-refractivity contribution in [3.05, 3.63) is 64.7 Å². The van der Waals surface area contributed by atoms with Crippen molar-refractivity contribution >= 4 is 35.0 Å². The van der Waals surface area contributed by atoms with Crippen LogP contribution in [0.25, 0.3) is 0 Å². The van der Waals surface area contributed by atoms with Crippen molar-refractivity contribution in [3.8, 4) is 0 Å². The first-order chi connectivity index (χ1) is 12.3. The Bertz CT molecular complexity index is 806. The third-order valence-corrected chi connectivity index (χ3v) is 3.86. The number of likely N-dealkylation sites (N-methyl/N-ethyl adjacent to an activating group) is 1. The Morgan fingerprint density at radius 2 is 1.77 bits per heavy atom. The van der Waals surface area contributed by atoms with Gasteiger partial charge in [0.25, 0.3) is 5.91 Å². The number of hydrogen-bond acceptors (Lipinski definition) is 3. The molecule has 2 aromatic carbocycles. The van der Waals surface area contributed by atoms with Gasteiger partial charge >= 0.3 is 0 Å². The molecule has 0 spiro atoms. The normalized spacial score (nSPS) is 10.1. The average Bonchev–Trinajstić information content (AvgIpc) is 2.61. The summed E-state index contributed by atoms with van der Waals surface area (Å²) in [5.41, 5.74) is 2.12. The highest BCUT2D eigenvalue weighted by atomic mass is 35.5. The maximum atomic E-state index is 12.1. The van der Waals surface area contributed by atoms with Gasteiger partial charge in [0.2, 0.25) is 11.8 Å². The highest BCUT2D eigenvalue weighted by Gasteiger charge is 2.15. The van der Waals surface area contributed by atoms with Crippen LogP contribution >= 0.6 is 11.6 Å². The van der Waals surface area contributed by atoms with E-state index < -0.39 is 5.91 Å². The van der Waals surface area contributed by atoms with Crippen LogP contribution in [0, 0.1) is 6.92 Å². The minimum absolute atomic E-state index is 0.111. The van der Waals surface area contributed by atoms with E-state index >= 15 is 0 Å². The molecule has 0 atom stereocenters.